The lowest BCUT2D eigenvalue weighted by Crippen LogP contribution is -2.14. The number of carbonyl (C=O) groups excluding carboxylic acids is 1. The molecule has 140 valence electrons. The zero-order chi connectivity index (χ0) is 18.9. The van der Waals surface area contributed by atoms with Gasteiger partial charge in [-0.25, -0.2) is 0 Å². The van der Waals surface area contributed by atoms with Gasteiger partial charge in [0, 0.05) is 22.8 Å². The lowest BCUT2D eigenvalue weighted by atomic mass is 10.1. The summed E-state index contributed by atoms with van der Waals surface area (Å²) in [6.07, 6.45) is 5.27. The van der Waals surface area contributed by atoms with Gasteiger partial charge in [-0.05, 0) is 48.6 Å². The zero-order valence-corrected chi connectivity index (χ0v) is 15.9. The van der Waals surface area contributed by atoms with Gasteiger partial charge in [0.15, 0.2) is 0 Å². The summed E-state index contributed by atoms with van der Waals surface area (Å²) in [6.45, 7) is 0. The SMILES string of the molecule is O=C(CSc1nnc(-c2c[nH]c3ccccc23)o1)Nc1ccc2c(c1)CCC2. The predicted molar refractivity (Wildman–Crippen MR) is 109 cm³/mol. The minimum atomic E-state index is -0.0882. The summed E-state index contributed by atoms with van der Waals surface area (Å²) in [5, 5.41) is 12.5. The number of aromatic nitrogens is 3. The fraction of sp³-hybridized carbons (Fsp3) is 0.190. The second kappa shape index (κ2) is 7.16. The maximum atomic E-state index is 12.3. The highest BCUT2D eigenvalue weighted by Gasteiger charge is 2.15. The summed E-state index contributed by atoms with van der Waals surface area (Å²) in [7, 11) is 0. The number of hydrogen-bond donors (Lipinski definition) is 2. The number of H-pyrrole nitrogens is 1. The summed E-state index contributed by atoms with van der Waals surface area (Å²) in [4.78, 5) is 15.5. The van der Waals surface area contributed by atoms with Crippen LogP contribution in [0.2, 0.25) is 0 Å². The molecule has 1 aliphatic carbocycles. The summed E-state index contributed by atoms with van der Waals surface area (Å²) in [5.41, 5.74) is 5.45. The van der Waals surface area contributed by atoms with Gasteiger partial charge in [0.1, 0.15) is 0 Å². The van der Waals surface area contributed by atoms with E-state index in [2.05, 4.69) is 32.6 Å². The molecule has 0 spiro atoms. The van der Waals surface area contributed by atoms with Crippen LogP contribution in [0, 0.1) is 0 Å². The fourth-order valence-electron chi connectivity index (χ4n) is 3.60. The molecule has 0 aliphatic heterocycles. The summed E-state index contributed by atoms with van der Waals surface area (Å²) in [5.74, 6) is 0.570. The molecule has 1 aliphatic rings. The standard InChI is InChI=1S/C21H18N4O2S/c26-19(23-15-9-8-13-4-3-5-14(13)10-15)12-28-21-25-24-20(27-21)17-11-22-18-7-2-1-6-16(17)18/h1-2,6-11,22H,3-5,12H2,(H,23,26). The second-order valence-corrected chi connectivity index (χ2v) is 7.72. The van der Waals surface area contributed by atoms with Crippen molar-refractivity contribution in [1.82, 2.24) is 15.2 Å². The number of amides is 1. The molecule has 28 heavy (non-hydrogen) atoms. The molecule has 2 aromatic heterocycles. The Morgan fingerprint density at radius 2 is 2.04 bits per heavy atom. The topological polar surface area (TPSA) is 83.8 Å². The average Bonchev–Trinajstić information content (AvgIpc) is 3.44. The van der Waals surface area contributed by atoms with Gasteiger partial charge in [0.05, 0.1) is 11.3 Å². The number of hydrogen-bond acceptors (Lipinski definition) is 5. The van der Waals surface area contributed by atoms with Gasteiger partial charge in [0.25, 0.3) is 11.1 Å². The molecule has 4 aromatic rings. The van der Waals surface area contributed by atoms with Crippen LogP contribution in [0.3, 0.4) is 0 Å². The van der Waals surface area contributed by atoms with Crippen LogP contribution in [0.4, 0.5) is 5.69 Å². The molecule has 2 aromatic carbocycles. The fourth-order valence-corrected chi connectivity index (χ4v) is 4.16. The minimum Gasteiger partial charge on any atom is -0.411 e. The highest BCUT2D eigenvalue weighted by atomic mass is 32.2. The van der Waals surface area contributed by atoms with Crippen molar-refractivity contribution in [2.45, 2.75) is 24.5 Å². The number of aryl methyl sites for hydroxylation is 2. The number of carbonyl (C=O) groups is 1. The normalized spacial score (nSPS) is 13.0. The van der Waals surface area contributed by atoms with Crippen molar-refractivity contribution in [3.8, 4) is 11.5 Å². The number of fused-ring (bicyclic) bond motifs is 2. The van der Waals surface area contributed by atoms with Crippen LogP contribution in [0.15, 0.2) is 58.3 Å². The van der Waals surface area contributed by atoms with E-state index in [0.717, 1.165) is 35.0 Å². The molecule has 0 unspecified atom stereocenters. The summed E-state index contributed by atoms with van der Waals surface area (Å²) >= 11 is 1.23. The first-order valence-electron chi connectivity index (χ1n) is 9.21. The van der Waals surface area contributed by atoms with Crippen LogP contribution in [-0.2, 0) is 17.6 Å². The first-order chi connectivity index (χ1) is 13.8. The third-order valence-corrected chi connectivity index (χ3v) is 5.75. The van der Waals surface area contributed by atoms with Crippen LogP contribution in [-0.4, -0.2) is 26.8 Å². The van der Waals surface area contributed by atoms with Crippen molar-refractivity contribution < 1.29 is 9.21 Å². The molecule has 5 rings (SSSR count). The van der Waals surface area contributed by atoms with E-state index in [1.54, 1.807) is 0 Å². The van der Waals surface area contributed by atoms with Crippen LogP contribution < -0.4 is 5.32 Å². The van der Waals surface area contributed by atoms with Crippen LogP contribution in [0.1, 0.15) is 17.5 Å². The molecule has 1 amide bonds. The van der Waals surface area contributed by atoms with Crippen molar-refractivity contribution in [1.29, 1.82) is 0 Å². The van der Waals surface area contributed by atoms with E-state index < -0.39 is 0 Å². The van der Waals surface area contributed by atoms with Gasteiger partial charge >= 0.3 is 0 Å². The molecule has 2 heterocycles. The molecule has 0 bridgehead atoms. The number of anilines is 1. The molecule has 7 heteroatoms. The smallest absolute Gasteiger partial charge is 0.277 e. The maximum Gasteiger partial charge on any atom is 0.277 e. The Bertz CT molecular complexity index is 1160. The van der Waals surface area contributed by atoms with Gasteiger partial charge in [-0.3, -0.25) is 4.79 Å². The molecule has 0 atom stereocenters. The van der Waals surface area contributed by atoms with Crippen molar-refractivity contribution in [2.75, 3.05) is 11.1 Å². The highest BCUT2D eigenvalue weighted by molar-refractivity contribution is 7.99. The molecule has 0 radical (unpaired) electrons. The second-order valence-electron chi connectivity index (χ2n) is 6.79. The molecule has 0 saturated carbocycles. The number of aromatic amines is 1. The van der Waals surface area contributed by atoms with Gasteiger partial charge in [0.2, 0.25) is 5.91 Å². The number of nitrogens with zero attached hydrogens (tertiary/aromatic N) is 2. The van der Waals surface area contributed by atoms with Crippen molar-refractivity contribution in [3.05, 3.63) is 59.8 Å². The molecular weight excluding hydrogens is 372 g/mol. The Morgan fingerprint density at radius 3 is 3.00 bits per heavy atom. The monoisotopic (exact) mass is 390 g/mol. The van der Waals surface area contributed by atoms with E-state index in [1.807, 2.05) is 36.5 Å². The van der Waals surface area contributed by atoms with Gasteiger partial charge < -0.3 is 14.7 Å². The predicted octanol–water partition coefficient (Wildman–Crippen LogP) is 4.44. The first kappa shape index (κ1) is 17.1. The van der Waals surface area contributed by atoms with E-state index in [4.69, 9.17) is 4.42 Å². The van der Waals surface area contributed by atoms with Gasteiger partial charge in [-0.1, -0.05) is 36.0 Å². The lowest BCUT2D eigenvalue weighted by molar-refractivity contribution is -0.113. The first-order valence-corrected chi connectivity index (χ1v) is 10.2. The van der Waals surface area contributed by atoms with Crippen LogP contribution >= 0.6 is 11.8 Å². The highest BCUT2D eigenvalue weighted by Crippen LogP contribution is 2.29. The number of nitrogens with one attached hydrogen (secondary N) is 2. The average molecular weight is 390 g/mol. The quantitative estimate of drug-likeness (QED) is 0.492. The van der Waals surface area contributed by atoms with Crippen LogP contribution in [0.5, 0.6) is 0 Å². The maximum absolute atomic E-state index is 12.3. The molecular formula is C21H18N4O2S. The number of thioether (sulfide) groups is 1. The van der Waals surface area contributed by atoms with Gasteiger partial charge in [-0.2, -0.15) is 0 Å². The number of benzene rings is 2. The van der Waals surface area contributed by atoms with E-state index in [1.165, 1.54) is 29.3 Å². The van der Waals surface area contributed by atoms with E-state index in [-0.39, 0.29) is 11.7 Å². The lowest BCUT2D eigenvalue weighted by Gasteiger charge is -2.06. The molecule has 2 N–H and O–H groups in total. The minimum absolute atomic E-state index is 0.0882. The zero-order valence-electron chi connectivity index (χ0n) is 15.1. The number of rotatable bonds is 5. The number of para-hydroxylation sites is 1. The Balaban J connectivity index is 1.23. The Hall–Kier alpha value is -3.06. The third-order valence-electron chi connectivity index (χ3n) is 4.94. The summed E-state index contributed by atoms with van der Waals surface area (Å²) in [6, 6.07) is 14.1. The van der Waals surface area contributed by atoms with Crippen LogP contribution in [0.25, 0.3) is 22.4 Å². The summed E-state index contributed by atoms with van der Waals surface area (Å²) < 4.78 is 5.74. The Labute approximate surface area is 165 Å². The third kappa shape index (κ3) is 3.29. The molecule has 6 nitrogen and oxygen atoms in total. The molecule has 0 fully saturated rings. The van der Waals surface area contributed by atoms with E-state index in [0.29, 0.717) is 11.1 Å². The largest absolute Gasteiger partial charge is 0.411 e. The van der Waals surface area contributed by atoms with E-state index >= 15 is 0 Å². The van der Waals surface area contributed by atoms with Crippen molar-refractivity contribution in [3.63, 3.8) is 0 Å². The van der Waals surface area contributed by atoms with Gasteiger partial charge in [-0.15, -0.1) is 10.2 Å². The Kier molecular flexibility index (Phi) is 4.37. The Morgan fingerprint density at radius 1 is 1.14 bits per heavy atom. The van der Waals surface area contributed by atoms with E-state index in [9.17, 15) is 4.79 Å². The van der Waals surface area contributed by atoms with Crippen molar-refractivity contribution >= 4 is 34.3 Å². The molecule has 0 saturated heterocycles. The van der Waals surface area contributed by atoms with Crippen molar-refractivity contribution in [2.24, 2.45) is 0 Å².